The molecule has 3 N–H and O–H groups in total. The predicted octanol–water partition coefficient (Wildman–Crippen LogP) is 3.22. The Balaban J connectivity index is 1.68. The fourth-order valence-electron chi connectivity index (χ4n) is 3.27. The molecule has 3 rings (SSSR count). The van der Waals surface area contributed by atoms with Gasteiger partial charge in [-0.1, -0.05) is 24.3 Å². The van der Waals surface area contributed by atoms with Crippen molar-refractivity contribution in [3.8, 4) is 0 Å². The zero-order valence-electron chi connectivity index (χ0n) is 18.6. The van der Waals surface area contributed by atoms with Crippen molar-refractivity contribution in [3.05, 3.63) is 71.5 Å². The van der Waals surface area contributed by atoms with Crippen LogP contribution in [0.1, 0.15) is 35.5 Å². The van der Waals surface area contributed by atoms with E-state index in [-0.39, 0.29) is 25.8 Å². The minimum absolute atomic E-state index is 0.0983. The number of fused-ring (bicyclic) bond motifs is 1. The fraction of sp³-hybridized carbons (Fsp3) is 0.304. The Labute approximate surface area is 192 Å². The Bertz CT molecular complexity index is 1160. The maximum atomic E-state index is 12.7. The van der Waals surface area contributed by atoms with E-state index in [4.69, 9.17) is 14.8 Å². The Kier molecular flexibility index (Phi) is 8.27. The van der Waals surface area contributed by atoms with Crippen LogP contribution < -0.4 is 11.1 Å². The lowest BCUT2D eigenvalue weighted by Crippen LogP contribution is -2.46. The molecular weight excluding hydrogens is 443 g/mol. The second-order valence-electron chi connectivity index (χ2n) is 7.28. The van der Waals surface area contributed by atoms with E-state index in [1.807, 2.05) is 24.3 Å². The molecule has 0 saturated heterocycles. The highest BCUT2D eigenvalue weighted by atomic mass is 31.2. The molecule has 0 bridgehead atoms. The number of primary amides is 1. The lowest BCUT2D eigenvalue weighted by atomic mass is 10.1. The number of rotatable bonds is 11. The van der Waals surface area contributed by atoms with Gasteiger partial charge in [0.25, 0.3) is 5.91 Å². The van der Waals surface area contributed by atoms with Crippen molar-refractivity contribution < 1.29 is 23.2 Å². The summed E-state index contributed by atoms with van der Waals surface area (Å²) in [6.45, 7) is 4.04. The van der Waals surface area contributed by atoms with Crippen LogP contribution in [0, 0.1) is 0 Å². The van der Waals surface area contributed by atoms with E-state index in [1.165, 1.54) is 0 Å². The van der Waals surface area contributed by atoms with Crippen LogP contribution >= 0.6 is 7.60 Å². The number of nitrogens with zero attached hydrogens (tertiary/aromatic N) is 2. The minimum Gasteiger partial charge on any atom is -0.368 e. The summed E-state index contributed by atoms with van der Waals surface area (Å²) in [6, 6.07) is 12.9. The number of nitrogens with one attached hydrogen (secondary N) is 1. The lowest BCUT2D eigenvalue weighted by molar-refractivity contribution is -0.119. The van der Waals surface area contributed by atoms with Crippen molar-refractivity contribution in [3.63, 3.8) is 0 Å². The number of benzene rings is 2. The molecule has 0 fully saturated rings. The van der Waals surface area contributed by atoms with Crippen LogP contribution in [0.15, 0.2) is 54.7 Å². The van der Waals surface area contributed by atoms with Gasteiger partial charge in [-0.3, -0.25) is 19.1 Å². The Hall–Kier alpha value is -3.13. The zero-order chi connectivity index (χ0) is 23.8. The first kappa shape index (κ1) is 24.5. The topological polar surface area (TPSA) is 134 Å². The van der Waals surface area contributed by atoms with Crippen LogP contribution in [0.2, 0.25) is 0 Å². The van der Waals surface area contributed by atoms with E-state index >= 15 is 0 Å². The second kappa shape index (κ2) is 11.1. The van der Waals surface area contributed by atoms with Crippen molar-refractivity contribution in [1.82, 2.24) is 15.3 Å². The van der Waals surface area contributed by atoms with Crippen molar-refractivity contribution in [2.75, 3.05) is 13.2 Å². The van der Waals surface area contributed by atoms with Gasteiger partial charge in [-0.25, -0.2) is 4.98 Å². The number of carbonyl (C=O) groups is 2. The van der Waals surface area contributed by atoms with Gasteiger partial charge in [0.1, 0.15) is 6.04 Å². The van der Waals surface area contributed by atoms with Gasteiger partial charge in [0.05, 0.1) is 36.1 Å². The molecule has 0 aliphatic carbocycles. The van der Waals surface area contributed by atoms with E-state index in [2.05, 4.69) is 15.3 Å². The highest BCUT2D eigenvalue weighted by molar-refractivity contribution is 7.53. The van der Waals surface area contributed by atoms with Crippen molar-refractivity contribution in [2.45, 2.75) is 32.5 Å². The molecule has 0 aliphatic rings. The molecule has 0 radical (unpaired) electrons. The third kappa shape index (κ3) is 6.68. The highest BCUT2D eigenvalue weighted by Gasteiger charge is 2.25. The van der Waals surface area contributed by atoms with E-state index in [9.17, 15) is 14.2 Å². The fourth-order valence-corrected chi connectivity index (χ4v) is 4.98. The molecule has 2 aromatic carbocycles. The van der Waals surface area contributed by atoms with Gasteiger partial charge in [0.2, 0.25) is 5.91 Å². The predicted molar refractivity (Wildman–Crippen MR) is 125 cm³/mol. The molecule has 9 nitrogen and oxygen atoms in total. The molecule has 3 aromatic rings. The van der Waals surface area contributed by atoms with Gasteiger partial charge in [0, 0.05) is 18.2 Å². The molecular formula is C23H27N4O5P. The minimum atomic E-state index is -3.25. The average molecular weight is 470 g/mol. The molecule has 1 aromatic heterocycles. The molecule has 1 heterocycles. The van der Waals surface area contributed by atoms with Crippen molar-refractivity contribution in [1.29, 1.82) is 0 Å². The van der Waals surface area contributed by atoms with E-state index < -0.39 is 25.5 Å². The van der Waals surface area contributed by atoms with Gasteiger partial charge in [-0.2, -0.15) is 0 Å². The standard InChI is InChI=1S/C23H27N4O5P/c1-3-31-33(30,32-4-2)15-16-9-11-17(12-10-16)23(29)27-21(22(24)28)13-18-14-25-19-7-5-6-8-20(19)26-18/h5-12,14,21H,3-4,13,15H2,1-2H3,(H2,24,28)(H,27,29)/t21-/m1/s1. The number of nitrogens with two attached hydrogens (primary N) is 1. The van der Waals surface area contributed by atoms with Gasteiger partial charge in [0.15, 0.2) is 0 Å². The lowest BCUT2D eigenvalue weighted by Gasteiger charge is -2.17. The molecule has 10 heteroatoms. The third-order valence-corrected chi connectivity index (χ3v) is 6.86. The first-order chi connectivity index (χ1) is 15.8. The highest BCUT2D eigenvalue weighted by Crippen LogP contribution is 2.51. The second-order valence-corrected chi connectivity index (χ2v) is 9.34. The van der Waals surface area contributed by atoms with Crippen LogP contribution in [0.4, 0.5) is 0 Å². The smallest absolute Gasteiger partial charge is 0.335 e. The number of carbonyl (C=O) groups excluding carboxylic acids is 2. The maximum Gasteiger partial charge on any atom is 0.335 e. The summed E-state index contributed by atoms with van der Waals surface area (Å²) in [5.74, 6) is -1.14. The largest absolute Gasteiger partial charge is 0.368 e. The quantitative estimate of drug-likeness (QED) is 0.411. The number of hydrogen-bond acceptors (Lipinski definition) is 7. The molecule has 33 heavy (non-hydrogen) atoms. The van der Waals surface area contributed by atoms with Crippen LogP contribution in [0.5, 0.6) is 0 Å². The SMILES string of the molecule is CCOP(=O)(Cc1ccc(C(=O)N[C@H](Cc2cnc3ccccc3n2)C(N)=O)cc1)OCC. The Morgan fingerprint density at radius 1 is 1.03 bits per heavy atom. The van der Waals surface area contributed by atoms with Gasteiger partial charge < -0.3 is 20.1 Å². The van der Waals surface area contributed by atoms with Crippen molar-refractivity contribution in [2.24, 2.45) is 5.73 Å². The first-order valence-electron chi connectivity index (χ1n) is 10.6. The van der Waals surface area contributed by atoms with Crippen LogP contribution in [-0.4, -0.2) is 41.0 Å². The molecule has 0 unspecified atom stereocenters. The van der Waals surface area contributed by atoms with Gasteiger partial charge >= 0.3 is 7.60 Å². The molecule has 0 saturated carbocycles. The summed E-state index contributed by atoms with van der Waals surface area (Å²) in [5, 5.41) is 2.65. The van der Waals surface area contributed by atoms with E-state index in [0.29, 0.717) is 22.3 Å². The summed E-state index contributed by atoms with van der Waals surface area (Å²) < 4.78 is 23.3. The van der Waals surface area contributed by atoms with Crippen molar-refractivity contribution >= 4 is 30.4 Å². The number of aromatic nitrogens is 2. The number of hydrogen-bond donors (Lipinski definition) is 2. The molecule has 2 amide bonds. The maximum absolute atomic E-state index is 12.7. The molecule has 174 valence electrons. The normalized spacial score (nSPS) is 12.4. The summed E-state index contributed by atoms with van der Waals surface area (Å²) in [6.07, 6.45) is 1.78. The Morgan fingerprint density at radius 2 is 1.67 bits per heavy atom. The van der Waals surface area contributed by atoms with Gasteiger partial charge in [-0.15, -0.1) is 0 Å². The van der Waals surface area contributed by atoms with Crippen LogP contribution in [-0.2, 0) is 31.0 Å². The monoisotopic (exact) mass is 470 g/mol. The molecule has 0 aliphatic heterocycles. The summed E-state index contributed by atoms with van der Waals surface area (Å²) in [4.78, 5) is 33.5. The summed E-state index contributed by atoms with van der Waals surface area (Å²) in [5.41, 5.74) is 8.51. The van der Waals surface area contributed by atoms with E-state index in [1.54, 1.807) is 44.3 Å². The summed E-state index contributed by atoms with van der Waals surface area (Å²) >= 11 is 0. The Morgan fingerprint density at radius 3 is 2.27 bits per heavy atom. The number of para-hydroxylation sites is 2. The number of amides is 2. The van der Waals surface area contributed by atoms with Crippen LogP contribution in [0.3, 0.4) is 0 Å². The van der Waals surface area contributed by atoms with Gasteiger partial charge in [-0.05, 0) is 43.7 Å². The zero-order valence-corrected chi connectivity index (χ0v) is 19.5. The van der Waals surface area contributed by atoms with E-state index in [0.717, 1.165) is 5.52 Å². The first-order valence-corrected chi connectivity index (χ1v) is 12.3. The molecule has 1 atom stereocenters. The molecule has 0 spiro atoms. The summed E-state index contributed by atoms with van der Waals surface area (Å²) in [7, 11) is -3.25. The average Bonchev–Trinajstić information content (AvgIpc) is 2.79. The third-order valence-electron chi connectivity index (χ3n) is 4.80. The van der Waals surface area contributed by atoms with Crippen LogP contribution in [0.25, 0.3) is 11.0 Å².